The number of nitrogens with zero attached hydrogens (tertiary/aromatic N) is 1. The first-order valence-corrected chi connectivity index (χ1v) is 4.44. The van der Waals surface area contributed by atoms with Crippen molar-refractivity contribution in [2.75, 3.05) is 13.1 Å². The van der Waals surface area contributed by atoms with Crippen LogP contribution >= 0.6 is 0 Å². The van der Waals surface area contributed by atoms with E-state index in [0.717, 1.165) is 18.9 Å². The van der Waals surface area contributed by atoms with E-state index in [9.17, 15) is 0 Å². The van der Waals surface area contributed by atoms with Crippen molar-refractivity contribution in [3.63, 3.8) is 0 Å². The van der Waals surface area contributed by atoms with Gasteiger partial charge in [0.2, 0.25) is 0 Å². The summed E-state index contributed by atoms with van der Waals surface area (Å²) in [4.78, 5) is 4.04. The number of aliphatic imine (C=N–C) groups is 1. The zero-order chi connectivity index (χ0) is 9.61. The van der Waals surface area contributed by atoms with Crippen molar-refractivity contribution in [2.24, 2.45) is 4.99 Å². The van der Waals surface area contributed by atoms with E-state index in [-0.39, 0.29) is 0 Å². The summed E-state index contributed by atoms with van der Waals surface area (Å²) < 4.78 is 31.6. The first-order valence-electron chi connectivity index (χ1n) is 3.04. The monoisotopic (exact) mass is 194 g/mol. The molecular formula is C5H10N2O4S. The number of hydrogen-bond acceptors (Lipinski definition) is 4. The molecule has 0 fully saturated rings. The third-order valence-corrected chi connectivity index (χ3v) is 0.893. The fraction of sp³-hybridized carbons (Fsp3) is 0.400. The molecule has 1 aliphatic heterocycles. The van der Waals surface area contributed by atoms with E-state index in [1.807, 2.05) is 0 Å². The van der Waals surface area contributed by atoms with E-state index in [2.05, 4.69) is 16.9 Å². The molecular weight excluding hydrogens is 184 g/mol. The predicted octanol–water partition coefficient (Wildman–Crippen LogP) is -0.479. The molecule has 6 nitrogen and oxygen atoms in total. The van der Waals surface area contributed by atoms with Crippen LogP contribution in [0.4, 0.5) is 0 Å². The quantitative estimate of drug-likeness (QED) is 0.490. The van der Waals surface area contributed by atoms with E-state index in [4.69, 9.17) is 17.5 Å². The maximum Gasteiger partial charge on any atom is 0.394 e. The smallest absolute Gasteiger partial charge is 0.369 e. The Labute approximate surface area is 70.6 Å². The molecule has 0 aromatic heterocycles. The standard InChI is InChI=1S/C5H8N2.H2O4S/c1-2-5-6-3-4-7-5;1-5(2,3)4/h2H,1,3-4H2,(H,6,7);(H2,1,2,3,4). The van der Waals surface area contributed by atoms with E-state index < -0.39 is 10.4 Å². The Bertz CT molecular complexity index is 261. The van der Waals surface area contributed by atoms with Gasteiger partial charge in [-0.2, -0.15) is 8.42 Å². The van der Waals surface area contributed by atoms with Crippen molar-refractivity contribution in [3.05, 3.63) is 12.7 Å². The molecule has 0 aliphatic carbocycles. The first-order chi connectivity index (χ1) is 5.43. The van der Waals surface area contributed by atoms with Crippen molar-refractivity contribution in [1.82, 2.24) is 5.32 Å². The molecule has 70 valence electrons. The Kier molecular flexibility index (Phi) is 4.49. The van der Waals surface area contributed by atoms with Crippen LogP contribution in [-0.2, 0) is 10.4 Å². The number of hydrogen-bond donors (Lipinski definition) is 3. The van der Waals surface area contributed by atoms with Gasteiger partial charge >= 0.3 is 10.4 Å². The topological polar surface area (TPSA) is 99.0 Å². The molecule has 0 atom stereocenters. The van der Waals surface area contributed by atoms with Gasteiger partial charge in [-0.1, -0.05) is 6.58 Å². The molecule has 0 aromatic carbocycles. The average molecular weight is 194 g/mol. The van der Waals surface area contributed by atoms with Crippen molar-refractivity contribution < 1.29 is 17.5 Å². The van der Waals surface area contributed by atoms with Crippen LogP contribution in [0.15, 0.2) is 17.6 Å². The molecule has 0 unspecified atom stereocenters. The van der Waals surface area contributed by atoms with Gasteiger partial charge in [0, 0.05) is 6.54 Å². The highest BCUT2D eigenvalue weighted by Gasteiger charge is 1.96. The SMILES string of the molecule is C=CC1=NCCN1.O=S(=O)(O)O. The summed E-state index contributed by atoms with van der Waals surface area (Å²) in [5, 5.41) is 3.04. The normalized spacial score (nSPS) is 15.3. The van der Waals surface area contributed by atoms with Gasteiger partial charge in [-0.25, -0.2) is 0 Å². The molecule has 0 saturated heterocycles. The molecule has 3 N–H and O–H groups in total. The second-order valence-electron chi connectivity index (χ2n) is 1.85. The zero-order valence-electron chi connectivity index (χ0n) is 6.27. The Balaban J connectivity index is 0.000000217. The molecule has 0 spiro atoms. The molecule has 1 heterocycles. The molecule has 12 heavy (non-hydrogen) atoms. The summed E-state index contributed by atoms with van der Waals surface area (Å²) in [6, 6.07) is 0. The van der Waals surface area contributed by atoms with Gasteiger partial charge in [0.15, 0.2) is 0 Å². The Morgan fingerprint density at radius 1 is 1.58 bits per heavy atom. The Morgan fingerprint density at radius 3 is 2.25 bits per heavy atom. The summed E-state index contributed by atoms with van der Waals surface area (Å²) in [7, 11) is -4.67. The maximum absolute atomic E-state index is 8.74. The van der Waals surface area contributed by atoms with Crippen LogP contribution in [0.1, 0.15) is 0 Å². The average Bonchev–Trinajstić information content (AvgIpc) is 2.33. The van der Waals surface area contributed by atoms with Crippen LogP contribution in [-0.4, -0.2) is 36.4 Å². The molecule has 7 heteroatoms. The fourth-order valence-corrected chi connectivity index (χ4v) is 0.553. The van der Waals surface area contributed by atoms with Gasteiger partial charge in [0.05, 0.1) is 6.54 Å². The van der Waals surface area contributed by atoms with E-state index in [1.54, 1.807) is 6.08 Å². The third kappa shape index (κ3) is 9.08. The lowest BCUT2D eigenvalue weighted by molar-refractivity contribution is 0.381. The zero-order valence-corrected chi connectivity index (χ0v) is 7.08. The predicted molar refractivity (Wildman–Crippen MR) is 44.7 cm³/mol. The Morgan fingerprint density at radius 2 is 2.08 bits per heavy atom. The van der Waals surface area contributed by atoms with Crippen LogP contribution in [0, 0.1) is 0 Å². The van der Waals surface area contributed by atoms with E-state index >= 15 is 0 Å². The summed E-state index contributed by atoms with van der Waals surface area (Å²) in [6.45, 7) is 5.43. The number of nitrogens with one attached hydrogen (secondary N) is 1. The molecule has 0 radical (unpaired) electrons. The van der Waals surface area contributed by atoms with E-state index in [1.165, 1.54) is 0 Å². The van der Waals surface area contributed by atoms with Crippen molar-refractivity contribution in [2.45, 2.75) is 0 Å². The van der Waals surface area contributed by atoms with Crippen LogP contribution in [0.25, 0.3) is 0 Å². The van der Waals surface area contributed by atoms with Gasteiger partial charge in [0.25, 0.3) is 0 Å². The second-order valence-corrected chi connectivity index (χ2v) is 2.74. The van der Waals surface area contributed by atoms with E-state index in [0.29, 0.717) is 0 Å². The molecule has 0 bridgehead atoms. The minimum atomic E-state index is -4.67. The van der Waals surface area contributed by atoms with Gasteiger partial charge in [-0.05, 0) is 6.08 Å². The minimum absolute atomic E-state index is 0.904. The first kappa shape index (κ1) is 11.1. The molecule has 0 amide bonds. The second kappa shape index (κ2) is 4.86. The summed E-state index contributed by atoms with van der Waals surface area (Å²) >= 11 is 0. The van der Waals surface area contributed by atoms with Crippen LogP contribution in [0.5, 0.6) is 0 Å². The summed E-state index contributed by atoms with van der Waals surface area (Å²) in [5.41, 5.74) is 0. The fourth-order valence-electron chi connectivity index (χ4n) is 0.553. The molecule has 1 rings (SSSR count). The number of amidine groups is 1. The minimum Gasteiger partial charge on any atom is -0.369 e. The lowest BCUT2D eigenvalue weighted by Gasteiger charge is -1.87. The van der Waals surface area contributed by atoms with Gasteiger partial charge in [0.1, 0.15) is 5.84 Å². The summed E-state index contributed by atoms with van der Waals surface area (Å²) in [6.07, 6.45) is 1.73. The van der Waals surface area contributed by atoms with Crippen LogP contribution in [0.3, 0.4) is 0 Å². The van der Waals surface area contributed by atoms with Crippen molar-refractivity contribution in [1.29, 1.82) is 0 Å². The summed E-state index contributed by atoms with van der Waals surface area (Å²) in [5.74, 6) is 0.931. The molecule has 0 saturated carbocycles. The maximum atomic E-state index is 8.74. The van der Waals surface area contributed by atoms with Gasteiger partial charge < -0.3 is 5.32 Å². The third-order valence-electron chi connectivity index (χ3n) is 0.893. The van der Waals surface area contributed by atoms with Crippen molar-refractivity contribution >= 4 is 16.2 Å². The highest BCUT2D eigenvalue weighted by atomic mass is 32.3. The largest absolute Gasteiger partial charge is 0.394 e. The molecule has 0 aromatic rings. The van der Waals surface area contributed by atoms with Crippen LogP contribution in [0.2, 0.25) is 0 Å². The van der Waals surface area contributed by atoms with Crippen molar-refractivity contribution in [3.8, 4) is 0 Å². The lowest BCUT2D eigenvalue weighted by Crippen LogP contribution is -2.15. The van der Waals surface area contributed by atoms with Gasteiger partial charge in [-0.3, -0.25) is 14.1 Å². The highest BCUT2D eigenvalue weighted by molar-refractivity contribution is 7.79. The highest BCUT2D eigenvalue weighted by Crippen LogP contribution is 1.82. The molecule has 1 aliphatic rings. The number of rotatable bonds is 1. The lowest BCUT2D eigenvalue weighted by atomic mass is 10.6. The van der Waals surface area contributed by atoms with Crippen LogP contribution < -0.4 is 5.32 Å². The Hall–Kier alpha value is -0.920. The van der Waals surface area contributed by atoms with Gasteiger partial charge in [-0.15, -0.1) is 0 Å².